The highest BCUT2D eigenvalue weighted by Gasteiger charge is 2.34. The summed E-state index contributed by atoms with van der Waals surface area (Å²) in [6.07, 6.45) is 9.57. The molecule has 9 aromatic rings. The summed E-state index contributed by atoms with van der Waals surface area (Å²) in [7, 11) is 0. The van der Waals surface area contributed by atoms with Gasteiger partial charge in [0.05, 0.1) is 11.0 Å². The maximum absolute atomic E-state index is 6.86. The molecule has 246 valence electrons. The number of rotatable bonds is 2. The Morgan fingerprint density at radius 1 is 0.615 bits per heavy atom. The van der Waals surface area contributed by atoms with E-state index >= 15 is 0 Å². The van der Waals surface area contributed by atoms with E-state index in [0.717, 1.165) is 45.2 Å². The molecule has 0 unspecified atom stereocenters. The molecule has 0 fully saturated rings. The van der Waals surface area contributed by atoms with Gasteiger partial charge in [-0.1, -0.05) is 148 Å². The minimum atomic E-state index is -0.233. The maximum Gasteiger partial charge on any atom is 0.144 e. The minimum Gasteiger partial charge on any atom is -0.455 e. The van der Waals surface area contributed by atoms with Crippen LogP contribution < -0.4 is 0 Å². The van der Waals surface area contributed by atoms with Gasteiger partial charge in [-0.05, 0) is 91.4 Å². The van der Waals surface area contributed by atoms with Crippen molar-refractivity contribution in [3.05, 3.63) is 169 Å². The summed E-state index contributed by atoms with van der Waals surface area (Å²) in [4.78, 5) is 0. The second-order valence-corrected chi connectivity index (χ2v) is 15.0. The Morgan fingerprint density at radius 3 is 2.17 bits per heavy atom. The molecule has 2 heteroatoms. The fourth-order valence-corrected chi connectivity index (χ4v) is 9.34. The summed E-state index contributed by atoms with van der Waals surface area (Å²) >= 11 is 0. The zero-order valence-corrected chi connectivity index (χ0v) is 29.2. The molecular formula is C50H35NO. The van der Waals surface area contributed by atoms with Gasteiger partial charge in [0.2, 0.25) is 0 Å². The number of hydrogen-bond acceptors (Lipinski definition) is 1. The Balaban J connectivity index is 1.27. The summed E-state index contributed by atoms with van der Waals surface area (Å²) < 4.78 is 9.38. The van der Waals surface area contributed by atoms with Gasteiger partial charge in [-0.15, -0.1) is 0 Å². The normalized spacial score (nSPS) is 15.9. The number of benzene rings is 7. The highest BCUT2D eigenvalue weighted by Crippen LogP contribution is 2.52. The van der Waals surface area contributed by atoms with Crippen LogP contribution in [0.2, 0.25) is 0 Å². The van der Waals surface area contributed by atoms with E-state index in [0.29, 0.717) is 0 Å². The van der Waals surface area contributed by atoms with Crippen molar-refractivity contribution in [2.45, 2.75) is 25.7 Å². The van der Waals surface area contributed by atoms with Crippen LogP contribution in [0.1, 0.15) is 31.4 Å². The van der Waals surface area contributed by atoms with Crippen LogP contribution in [-0.2, 0) is 5.41 Å². The molecule has 2 heterocycles. The fraction of sp³-hybridized carbons (Fsp3) is 0.0800. The number of para-hydroxylation sites is 2. The van der Waals surface area contributed by atoms with Crippen LogP contribution in [0.25, 0.3) is 99.2 Å². The van der Waals surface area contributed by atoms with E-state index in [2.05, 4.69) is 177 Å². The summed E-state index contributed by atoms with van der Waals surface area (Å²) in [5.41, 5.74) is 16.2. The largest absolute Gasteiger partial charge is 0.455 e. The first kappa shape index (κ1) is 29.4. The molecule has 0 radical (unpaired) electrons. The highest BCUT2D eigenvalue weighted by atomic mass is 16.3. The van der Waals surface area contributed by atoms with E-state index in [9.17, 15) is 0 Å². The van der Waals surface area contributed by atoms with Crippen LogP contribution >= 0.6 is 0 Å². The number of fused-ring (bicyclic) bond motifs is 13. The van der Waals surface area contributed by atoms with E-state index in [4.69, 9.17) is 4.42 Å². The summed E-state index contributed by atoms with van der Waals surface area (Å²) in [6, 6.07) is 46.7. The van der Waals surface area contributed by atoms with E-state index in [1.54, 1.807) is 0 Å². The summed E-state index contributed by atoms with van der Waals surface area (Å²) in [5, 5.41) is 7.36. The SMILES string of the molecule is C=C1/C=C\C=C/CC(C)(C)c2c1c1oc3ccccc3c1c1c3ccccc3n(-c3cccc(-c4ccc5c6c(cccc46)-c4ccccc4-5)c3)c21. The van der Waals surface area contributed by atoms with Crippen molar-refractivity contribution in [3.8, 4) is 39.1 Å². The standard InChI is InChI=1S/C50H35NO/c1-30-15-5-4-12-28-50(2,3)47-43(30)49-46(40-21-9-11-25-42(40)52-49)45-39-20-8-10-24-41(39)51(48(45)47)32-17-13-16-31(29-32)33-26-27-38-35-19-7-6-18-34(35)37-23-14-22-36(33)44(37)38/h4-27,29H,1,28H2,2-3H3/b12-4-,15-5-. The molecule has 0 amide bonds. The van der Waals surface area contributed by atoms with Crippen LogP contribution in [0.3, 0.4) is 0 Å². The van der Waals surface area contributed by atoms with Crippen molar-refractivity contribution in [1.29, 1.82) is 0 Å². The molecule has 2 aromatic heterocycles. The molecule has 0 aliphatic heterocycles. The lowest BCUT2D eigenvalue weighted by atomic mass is 9.76. The lowest BCUT2D eigenvalue weighted by Gasteiger charge is -2.29. The molecule has 2 nitrogen and oxygen atoms in total. The van der Waals surface area contributed by atoms with Crippen LogP contribution in [-0.4, -0.2) is 4.57 Å². The van der Waals surface area contributed by atoms with Gasteiger partial charge >= 0.3 is 0 Å². The quantitative estimate of drug-likeness (QED) is 0.180. The van der Waals surface area contributed by atoms with Gasteiger partial charge in [0.25, 0.3) is 0 Å². The molecule has 0 N–H and O–H groups in total. The molecule has 0 spiro atoms. The molecule has 2 aliphatic carbocycles. The first-order valence-electron chi connectivity index (χ1n) is 18.2. The van der Waals surface area contributed by atoms with Gasteiger partial charge in [0.1, 0.15) is 11.2 Å². The molecule has 52 heavy (non-hydrogen) atoms. The van der Waals surface area contributed by atoms with Crippen LogP contribution in [0, 0.1) is 0 Å². The molecule has 0 saturated carbocycles. The third-order valence-corrected chi connectivity index (χ3v) is 11.6. The minimum absolute atomic E-state index is 0.233. The lowest BCUT2D eigenvalue weighted by Crippen LogP contribution is -2.20. The maximum atomic E-state index is 6.86. The molecular weight excluding hydrogens is 631 g/mol. The Labute approximate surface area is 302 Å². The van der Waals surface area contributed by atoms with Gasteiger partial charge in [0.15, 0.2) is 0 Å². The fourth-order valence-electron chi connectivity index (χ4n) is 9.34. The molecule has 0 atom stereocenters. The summed E-state index contributed by atoms with van der Waals surface area (Å²) in [5.74, 6) is 0. The van der Waals surface area contributed by atoms with Crippen molar-refractivity contribution in [1.82, 2.24) is 4.57 Å². The monoisotopic (exact) mass is 665 g/mol. The predicted octanol–water partition coefficient (Wildman–Crippen LogP) is 14.0. The van der Waals surface area contributed by atoms with Crippen LogP contribution in [0.5, 0.6) is 0 Å². The number of aromatic nitrogens is 1. The van der Waals surface area contributed by atoms with Crippen LogP contribution in [0.15, 0.2) is 163 Å². The molecule has 0 bridgehead atoms. The third-order valence-electron chi connectivity index (χ3n) is 11.6. The average molecular weight is 666 g/mol. The van der Waals surface area contributed by atoms with Gasteiger partial charge in [-0.3, -0.25) is 0 Å². The van der Waals surface area contributed by atoms with Crippen molar-refractivity contribution in [2.75, 3.05) is 0 Å². The Kier molecular flexibility index (Phi) is 5.97. The lowest BCUT2D eigenvalue weighted by molar-refractivity contribution is 0.535. The van der Waals surface area contributed by atoms with Crippen LogP contribution in [0.4, 0.5) is 0 Å². The topological polar surface area (TPSA) is 18.1 Å². The summed E-state index contributed by atoms with van der Waals surface area (Å²) in [6.45, 7) is 9.41. The number of allylic oxidation sites excluding steroid dienone is 5. The molecule has 2 aliphatic rings. The number of hydrogen-bond donors (Lipinski definition) is 0. The van der Waals surface area contributed by atoms with Gasteiger partial charge in [-0.25, -0.2) is 0 Å². The third kappa shape index (κ3) is 3.90. The zero-order valence-electron chi connectivity index (χ0n) is 29.2. The van der Waals surface area contributed by atoms with E-state index in [-0.39, 0.29) is 5.41 Å². The average Bonchev–Trinajstić information content (AvgIpc) is 3.83. The van der Waals surface area contributed by atoms with Crippen molar-refractivity contribution >= 4 is 60.1 Å². The van der Waals surface area contributed by atoms with Crippen molar-refractivity contribution in [2.24, 2.45) is 0 Å². The number of furan rings is 1. The van der Waals surface area contributed by atoms with Gasteiger partial charge < -0.3 is 8.98 Å². The second kappa shape index (κ2) is 10.6. The first-order chi connectivity index (χ1) is 25.5. The first-order valence-corrected chi connectivity index (χ1v) is 18.2. The van der Waals surface area contributed by atoms with Gasteiger partial charge in [0, 0.05) is 32.8 Å². The predicted molar refractivity (Wildman–Crippen MR) is 220 cm³/mol. The smallest absolute Gasteiger partial charge is 0.144 e. The van der Waals surface area contributed by atoms with E-state index in [1.165, 1.54) is 71.5 Å². The second-order valence-electron chi connectivity index (χ2n) is 15.0. The Bertz CT molecular complexity index is 3060. The molecule has 0 saturated heterocycles. The van der Waals surface area contributed by atoms with Crippen molar-refractivity contribution in [3.63, 3.8) is 0 Å². The van der Waals surface area contributed by atoms with E-state index < -0.39 is 0 Å². The zero-order chi connectivity index (χ0) is 34.7. The molecule has 7 aromatic carbocycles. The molecule has 11 rings (SSSR count). The Morgan fingerprint density at radius 2 is 1.31 bits per heavy atom. The van der Waals surface area contributed by atoms with E-state index in [1.807, 2.05) is 0 Å². The Hall–Kier alpha value is -6.38. The van der Waals surface area contributed by atoms with Gasteiger partial charge in [-0.2, -0.15) is 0 Å². The highest BCUT2D eigenvalue weighted by molar-refractivity contribution is 6.30. The number of nitrogens with zero attached hydrogens (tertiary/aromatic N) is 1. The van der Waals surface area contributed by atoms with Crippen molar-refractivity contribution < 1.29 is 4.42 Å².